The Labute approximate surface area is 164 Å². The summed E-state index contributed by atoms with van der Waals surface area (Å²) in [5.74, 6) is 6.65. The fourth-order valence-electron chi connectivity index (χ4n) is 3.37. The molecule has 0 unspecified atom stereocenters. The lowest BCUT2D eigenvalue weighted by atomic mass is 10.0. The molecule has 0 aliphatic heterocycles. The highest BCUT2D eigenvalue weighted by atomic mass is 14.0. The van der Waals surface area contributed by atoms with Gasteiger partial charge in [0.1, 0.15) is 0 Å². The molecule has 0 spiro atoms. The van der Waals surface area contributed by atoms with E-state index in [0.29, 0.717) is 0 Å². The molecule has 0 saturated carbocycles. The van der Waals surface area contributed by atoms with Crippen LogP contribution >= 0.6 is 0 Å². The topological polar surface area (TPSA) is 0 Å². The Balaban J connectivity index is 1.75. The predicted octanol–water partition coefficient (Wildman–Crippen LogP) is 8.29. The Morgan fingerprint density at radius 3 is 1.73 bits per heavy atom. The summed E-state index contributed by atoms with van der Waals surface area (Å²) >= 11 is 0. The van der Waals surface area contributed by atoms with E-state index in [0.717, 1.165) is 19.3 Å². The van der Waals surface area contributed by atoms with Crippen LogP contribution in [0.2, 0.25) is 0 Å². The molecule has 0 aliphatic carbocycles. The van der Waals surface area contributed by atoms with Crippen molar-refractivity contribution >= 4 is 0 Å². The lowest BCUT2D eigenvalue weighted by Gasteiger charge is -2.02. The highest BCUT2D eigenvalue weighted by molar-refractivity contribution is 5.14. The normalized spacial score (nSPS) is 10.5. The molecule has 0 fully saturated rings. The summed E-state index contributed by atoms with van der Waals surface area (Å²) in [6.45, 7) is 2.29. The van der Waals surface area contributed by atoms with Gasteiger partial charge >= 0.3 is 0 Å². The molecular formula is C26H41. The van der Waals surface area contributed by atoms with Crippen LogP contribution in [0.5, 0.6) is 0 Å². The third kappa shape index (κ3) is 15.1. The van der Waals surface area contributed by atoms with E-state index in [2.05, 4.69) is 37.0 Å². The molecule has 0 aromatic heterocycles. The van der Waals surface area contributed by atoms with Gasteiger partial charge in [0.05, 0.1) is 0 Å². The minimum Gasteiger partial charge on any atom is -0.103 e. The number of aryl methyl sites for hydroxylation is 1. The maximum Gasteiger partial charge on any atom is 0.0129 e. The SMILES string of the molecule is CCCCCCCCCCCCCCCCC#CCCc1[c]cccc1. The number of benzene rings is 1. The third-order valence-electron chi connectivity index (χ3n) is 5.07. The van der Waals surface area contributed by atoms with Crippen LogP contribution in [-0.2, 0) is 6.42 Å². The van der Waals surface area contributed by atoms with Crippen LogP contribution in [0, 0.1) is 17.9 Å². The second kappa shape index (κ2) is 18.6. The van der Waals surface area contributed by atoms with Crippen molar-refractivity contribution in [1.82, 2.24) is 0 Å². The van der Waals surface area contributed by atoms with Gasteiger partial charge in [-0.15, -0.1) is 11.8 Å². The third-order valence-corrected chi connectivity index (χ3v) is 5.07. The monoisotopic (exact) mass is 353 g/mol. The quantitative estimate of drug-likeness (QED) is 0.207. The number of hydrogen-bond donors (Lipinski definition) is 0. The molecule has 0 atom stereocenters. The van der Waals surface area contributed by atoms with Gasteiger partial charge in [-0.2, -0.15) is 0 Å². The van der Waals surface area contributed by atoms with Crippen LogP contribution in [-0.4, -0.2) is 0 Å². The predicted molar refractivity (Wildman–Crippen MR) is 116 cm³/mol. The van der Waals surface area contributed by atoms with Crippen LogP contribution < -0.4 is 0 Å². The Morgan fingerprint density at radius 2 is 1.19 bits per heavy atom. The fraction of sp³-hybridized carbons (Fsp3) is 0.692. The summed E-state index contributed by atoms with van der Waals surface area (Å²) in [5, 5.41) is 0. The van der Waals surface area contributed by atoms with Crippen molar-refractivity contribution in [3.05, 3.63) is 35.9 Å². The molecule has 1 radical (unpaired) electrons. The van der Waals surface area contributed by atoms with Gasteiger partial charge in [-0.1, -0.05) is 115 Å². The van der Waals surface area contributed by atoms with Crippen molar-refractivity contribution in [2.75, 3.05) is 0 Å². The molecule has 0 N–H and O–H groups in total. The van der Waals surface area contributed by atoms with E-state index in [-0.39, 0.29) is 0 Å². The summed E-state index contributed by atoms with van der Waals surface area (Å²) in [4.78, 5) is 0. The minimum atomic E-state index is 0.971. The molecule has 145 valence electrons. The van der Waals surface area contributed by atoms with E-state index < -0.39 is 0 Å². The van der Waals surface area contributed by atoms with Crippen LogP contribution in [0.1, 0.15) is 115 Å². The smallest absolute Gasteiger partial charge is 0.0129 e. The molecular weight excluding hydrogens is 312 g/mol. The first-order valence-corrected chi connectivity index (χ1v) is 11.3. The molecule has 26 heavy (non-hydrogen) atoms. The molecule has 0 heteroatoms. The second-order valence-corrected chi connectivity index (χ2v) is 7.59. The van der Waals surface area contributed by atoms with Crippen molar-refractivity contribution in [2.24, 2.45) is 0 Å². The highest BCUT2D eigenvalue weighted by Crippen LogP contribution is 2.13. The molecule has 0 heterocycles. The molecule has 1 aromatic rings. The van der Waals surface area contributed by atoms with Crippen LogP contribution in [0.15, 0.2) is 24.3 Å². The van der Waals surface area contributed by atoms with Crippen molar-refractivity contribution in [3.8, 4) is 11.8 Å². The molecule has 0 aliphatic rings. The summed E-state index contributed by atoms with van der Waals surface area (Å²) in [6, 6.07) is 11.5. The first-order chi connectivity index (χ1) is 12.9. The lowest BCUT2D eigenvalue weighted by Crippen LogP contribution is -1.83. The standard InChI is InChI=1S/C26H41/c1-2-3-4-5-6-7-8-9-10-11-12-13-14-15-16-17-18-20-23-26-24-21-19-22-25-26/h19,21-22,24H,2-16,20,23H2,1H3. The van der Waals surface area contributed by atoms with Gasteiger partial charge in [0, 0.05) is 12.8 Å². The largest absolute Gasteiger partial charge is 0.103 e. The average molecular weight is 354 g/mol. The van der Waals surface area contributed by atoms with Gasteiger partial charge in [0.15, 0.2) is 0 Å². The summed E-state index contributed by atoms with van der Waals surface area (Å²) < 4.78 is 0. The van der Waals surface area contributed by atoms with Crippen LogP contribution in [0.25, 0.3) is 0 Å². The van der Waals surface area contributed by atoms with Gasteiger partial charge < -0.3 is 0 Å². The van der Waals surface area contributed by atoms with Crippen molar-refractivity contribution in [3.63, 3.8) is 0 Å². The van der Waals surface area contributed by atoms with Gasteiger partial charge in [-0.3, -0.25) is 0 Å². The van der Waals surface area contributed by atoms with E-state index in [1.165, 1.54) is 95.5 Å². The van der Waals surface area contributed by atoms with Gasteiger partial charge in [-0.05, 0) is 24.5 Å². The molecule has 0 bridgehead atoms. The van der Waals surface area contributed by atoms with Crippen molar-refractivity contribution in [1.29, 1.82) is 0 Å². The lowest BCUT2D eigenvalue weighted by molar-refractivity contribution is 0.536. The maximum absolute atomic E-state index is 3.34. The van der Waals surface area contributed by atoms with Crippen molar-refractivity contribution < 1.29 is 0 Å². The molecule has 0 nitrogen and oxygen atoms in total. The highest BCUT2D eigenvalue weighted by Gasteiger charge is 1.94. The first kappa shape index (κ1) is 22.8. The zero-order valence-corrected chi connectivity index (χ0v) is 17.3. The average Bonchev–Trinajstić information content (AvgIpc) is 2.68. The van der Waals surface area contributed by atoms with E-state index in [9.17, 15) is 0 Å². The van der Waals surface area contributed by atoms with Crippen LogP contribution in [0.4, 0.5) is 0 Å². The van der Waals surface area contributed by atoms with Crippen molar-refractivity contribution in [2.45, 2.75) is 116 Å². The molecule has 1 rings (SSSR count). The Kier molecular flexibility index (Phi) is 16.3. The second-order valence-electron chi connectivity index (χ2n) is 7.59. The number of rotatable bonds is 16. The molecule has 0 saturated heterocycles. The Bertz CT molecular complexity index is 448. The van der Waals surface area contributed by atoms with Crippen LogP contribution in [0.3, 0.4) is 0 Å². The van der Waals surface area contributed by atoms with Gasteiger partial charge in [0.25, 0.3) is 0 Å². The van der Waals surface area contributed by atoms with Gasteiger partial charge in [-0.25, -0.2) is 0 Å². The zero-order chi connectivity index (χ0) is 18.5. The van der Waals surface area contributed by atoms with E-state index >= 15 is 0 Å². The zero-order valence-electron chi connectivity index (χ0n) is 17.3. The summed E-state index contributed by atoms with van der Waals surface area (Å²) in [5.41, 5.74) is 1.28. The number of hydrogen-bond acceptors (Lipinski definition) is 0. The summed E-state index contributed by atoms with van der Waals surface area (Å²) in [6.07, 6.45) is 23.0. The Morgan fingerprint density at radius 1 is 0.654 bits per heavy atom. The minimum absolute atomic E-state index is 0.971. The summed E-state index contributed by atoms with van der Waals surface area (Å²) in [7, 11) is 0. The van der Waals surface area contributed by atoms with E-state index in [1.54, 1.807) is 0 Å². The fourth-order valence-corrected chi connectivity index (χ4v) is 3.37. The first-order valence-electron chi connectivity index (χ1n) is 11.3. The van der Waals surface area contributed by atoms with E-state index in [4.69, 9.17) is 0 Å². The van der Waals surface area contributed by atoms with Gasteiger partial charge in [0.2, 0.25) is 0 Å². The maximum atomic E-state index is 3.34. The molecule has 1 aromatic carbocycles. The van der Waals surface area contributed by atoms with E-state index in [1.807, 2.05) is 12.1 Å². The number of unbranched alkanes of at least 4 members (excludes halogenated alkanes) is 14. The Hall–Kier alpha value is -1.22. The molecule has 0 amide bonds.